The van der Waals surface area contributed by atoms with Crippen molar-refractivity contribution >= 4 is 22.5 Å². The van der Waals surface area contributed by atoms with E-state index in [-0.39, 0.29) is 5.54 Å². The molecule has 3 heteroatoms. The van der Waals surface area contributed by atoms with Crippen LogP contribution in [0.3, 0.4) is 0 Å². The van der Waals surface area contributed by atoms with Crippen LogP contribution in [0.5, 0.6) is 0 Å². The molecule has 1 aromatic heterocycles. The summed E-state index contributed by atoms with van der Waals surface area (Å²) in [5.41, 5.74) is 4.19. The van der Waals surface area contributed by atoms with E-state index in [0.29, 0.717) is 0 Å². The highest BCUT2D eigenvalue weighted by Gasteiger charge is 2.32. The van der Waals surface area contributed by atoms with Crippen LogP contribution in [0.4, 0.5) is 0 Å². The molecule has 2 aromatic rings. The van der Waals surface area contributed by atoms with Crippen LogP contribution in [0.15, 0.2) is 18.2 Å². The van der Waals surface area contributed by atoms with E-state index in [9.17, 15) is 0 Å². The van der Waals surface area contributed by atoms with Gasteiger partial charge in [-0.3, -0.25) is 4.90 Å². The number of aromatic nitrogens is 1. The van der Waals surface area contributed by atoms with Gasteiger partial charge in [-0.2, -0.15) is 0 Å². The number of halogens is 1. The molecule has 1 aliphatic rings. The van der Waals surface area contributed by atoms with Crippen LogP contribution < -0.4 is 0 Å². The fourth-order valence-corrected chi connectivity index (χ4v) is 2.80. The lowest BCUT2D eigenvalue weighted by Crippen LogP contribution is -2.45. The molecule has 0 radical (unpaired) electrons. The van der Waals surface area contributed by atoms with E-state index in [1.54, 1.807) is 0 Å². The van der Waals surface area contributed by atoms with Crippen molar-refractivity contribution < 1.29 is 0 Å². The molecule has 0 bridgehead atoms. The summed E-state index contributed by atoms with van der Waals surface area (Å²) in [4.78, 5) is 5.94. The molecular formula is C14H17ClN2. The molecule has 0 fully saturated rings. The lowest BCUT2D eigenvalue weighted by Gasteiger charge is -2.39. The maximum absolute atomic E-state index is 6.08. The first-order chi connectivity index (χ1) is 7.97. The van der Waals surface area contributed by atoms with Gasteiger partial charge in [-0.05, 0) is 44.7 Å². The summed E-state index contributed by atoms with van der Waals surface area (Å²) in [6.45, 7) is 5.56. The van der Waals surface area contributed by atoms with E-state index in [1.807, 2.05) is 6.07 Å². The molecule has 2 nitrogen and oxygen atoms in total. The first-order valence-corrected chi connectivity index (χ1v) is 6.35. The van der Waals surface area contributed by atoms with Crippen molar-refractivity contribution in [3.63, 3.8) is 0 Å². The third-order valence-electron chi connectivity index (χ3n) is 3.99. The SMILES string of the molecule is CN1Cc2c([nH]c3ccc(Cl)cc23)CC1(C)C. The largest absolute Gasteiger partial charge is 0.358 e. The van der Waals surface area contributed by atoms with Crippen molar-refractivity contribution in [3.05, 3.63) is 34.5 Å². The summed E-state index contributed by atoms with van der Waals surface area (Å²) in [6, 6.07) is 6.09. The Morgan fingerprint density at radius 3 is 2.88 bits per heavy atom. The highest BCUT2D eigenvalue weighted by Crippen LogP contribution is 2.34. The quantitative estimate of drug-likeness (QED) is 0.755. The minimum atomic E-state index is 0.220. The first-order valence-electron chi connectivity index (χ1n) is 5.97. The van der Waals surface area contributed by atoms with E-state index in [0.717, 1.165) is 18.0 Å². The average molecular weight is 249 g/mol. The molecule has 1 aliphatic heterocycles. The van der Waals surface area contributed by atoms with E-state index in [4.69, 9.17) is 11.6 Å². The Labute approximate surface area is 107 Å². The minimum Gasteiger partial charge on any atom is -0.358 e. The van der Waals surface area contributed by atoms with Crippen molar-refractivity contribution in [1.82, 2.24) is 9.88 Å². The van der Waals surface area contributed by atoms with Crippen LogP contribution in [0.25, 0.3) is 10.9 Å². The van der Waals surface area contributed by atoms with Crippen molar-refractivity contribution in [3.8, 4) is 0 Å². The minimum absolute atomic E-state index is 0.220. The van der Waals surface area contributed by atoms with Crippen LogP contribution in [0.1, 0.15) is 25.1 Å². The summed E-state index contributed by atoms with van der Waals surface area (Å²) < 4.78 is 0. The summed E-state index contributed by atoms with van der Waals surface area (Å²) in [5.74, 6) is 0. The summed E-state index contributed by atoms with van der Waals surface area (Å²) in [6.07, 6.45) is 1.06. The summed E-state index contributed by atoms with van der Waals surface area (Å²) >= 11 is 6.08. The Morgan fingerprint density at radius 1 is 1.35 bits per heavy atom. The summed E-state index contributed by atoms with van der Waals surface area (Å²) in [5, 5.41) is 2.08. The predicted molar refractivity (Wildman–Crippen MR) is 72.6 cm³/mol. The molecule has 0 unspecified atom stereocenters. The average Bonchev–Trinajstić information content (AvgIpc) is 2.56. The van der Waals surface area contributed by atoms with Gasteiger partial charge in [0.1, 0.15) is 0 Å². The van der Waals surface area contributed by atoms with Gasteiger partial charge in [0.2, 0.25) is 0 Å². The second kappa shape index (κ2) is 3.50. The third kappa shape index (κ3) is 1.67. The van der Waals surface area contributed by atoms with Gasteiger partial charge >= 0.3 is 0 Å². The molecular weight excluding hydrogens is 232 g/mol. The van der Waals surface area contributed by atoms with Crippen LogP contribution in [0, 0.1) is 0 Å². The third-order valence-corrected chi connectivity index (χ3v) is 4.23. The molecule has 1 N–H and O–H groups in total. The number of H-pyrrole nitrogens is 1. The number of rotatable bonds is 0. The van der Waals surface area contributed by atoms with Crippen molar-refractivity contribution in [2.75, 3.05) is 7.05 Å². The van der Waals surface area contributed by atoms with Crippen molar-refractivity contribution in [2.24, 2.45) is 0 Å². The molecule has 0 atom stereocenters. The van der Waals surface area contributed by atoms with Crippen molar-refractivity contribution in [1.29, 1.82) is 0 Å². The van der Waals surface area contributed by atoms with Crippen LogP contribution in [-0.4, -0.2) is 22.5 Å². The lowest BCUT2D eigenvalue weighted by atomic mass is 9.89. The van der Waals surface area contributed by atoms with Crippen LogP contribution in [0.2, 0.25) is 5.02 Å². The standard InChI is InChI=1S/C14H17ClN2/c1-14(2)7-13-11(8-17(14)3)10-6-9(15)4-5-12(10)16-13/h4-6,16H,7-8H2,1-3H3. The van der Waals surface area contributed by atoms with Gasteiger partial charge in [-0.25, -0.2) is 0 Å². The lowest BCUT2D eigenvalue weighted by molar-refractivity contribution is 0.132. The second-order valence-corrected chi connectivity index (χ2v) is 6.05. The van der Waals surface area contributed by atoms with Gasteiger partial charge in [0.25, 0.3) is 0 Å². The maximum Gasteiger partial charge on any atom is 0.0460 e. The molecule has 17 heavy (non-hydrogen) atoms. The second-order valence-electron chi connectivity index (χ2n) is 5.62. The number of fused-ring (bicyclic) bond motifs is 3. The smallest absolute Gasteiger partial charge is 0.0460 e. The van der Waals surface area contributed by atoms with E-state index in [2.05, 4.69) is 42.9 Å². The molecule has 0 spiro atoms. The Bertz CT molecular complexity index is 583. The molecule has 1 aromatic carbocycles. The van der Waals surface area contributed by atoms with Crippen LogP contribution >= 0.6 is 11.6 Å². The maximum atomic E-state index is 6.08. The van der Waals surface area contributed by atoms with Gasteiger partial charge in [0.15, 0.2) is 0 Å². The molecule has 0 aliphatic carbocycles. The van der Waals surface area contributed by atoms with Gasteiger partial charge in [0.05, 0.1) is 0 Å². The zero-order valence-electron chi connectivity index (χ0n) is 10.5. The number of hydrogen-bond donors (Lipinski definition) is 1. The fourth-order valence-electron chi connectivity index (χ4n) is 2.63. The Kier molecular flexibility index (Phi) is 2.29. The Balaban J connectivity index is 2.21. The van der Waals surface area contributed by atoms with Gasteiger partial charge < -0.3 is 4.98 Å². The Morgan fingerprint density at radius 2 is 2.12 bits per heavy atom. The monoisotopic (exact) mass is 248 g/mol. The zero-order valence-corrected chi connectivity index (χ0v) is 11.2. The molecule has 0 saturated carbocycles. The number of nitrogens with zero attached hydrogens (tertiary/aromatic N) is 1. The predicted octanol–water partition coefficient (Wildman–Crippen LogP) is 3.59. The number of nitrogens with one attached hydrogen (secondary N) is 1. The number of benzene rings is 1. The molecule has 3 rings (SSSR count). The summed E-state index contributed by atoms with van der Waals surface area (Å²) in [7, 11) is 2.19. The van der Waals surface area contributed by atoms with Gasteiger partial charge in [0, 0.05) is 40.1 Å². The van der Waals surface area contributed by atoms with Gasteiger partial charge in [-0.1, -0.05) is 11.6 Å². The fraction of sp³-hybridized carbons (Fsp3) is 0.429. The number of likely N-dealkylation sites (N-methyl/N-ethyl adjacent to an activating group) is 1. The van der Waals surface area contributed by atoms with Crippen molar-refractivity contribution in [2.45, 2.75) is 32.4 Å². The highest BCUT2D eigenvalue weighted by atomic mass is 35.5. The molecule has 0 saturated heterocycles. The highest BCUT2D eigenvalue weighted by molar-refractivity contribution is 6.31. The first kappa shape index (κ1) is 11.1. The Hall–Kier alpha value is -0.990. The molecule has 2 heterocycles. The molecule has 90 valence electrons. The van der Waals surface area contributed by atoms with Crippen LogP contribution in [-0.2, 0) is 13.0 Å². The van der Waals surface area contributed by atoms with E-state index >= 15 is 0 Å². The number of aromatic amines is 1. The normalized spacial score (nSPS) is 19.5. The van der Waals surface area contributed by atoms with E-state index in [1.165, 1.54) is 22.2 Å². The molecule has 0 amide bonds. The number of hydrogen-bond acceptors (Lipinski definition) is 1. The zero-order chi connectivity index (χ0) is 12.2. The topological polar surface area (TPSA) is 19.0 Å². The van der Waals surface area contributed by atoms with E-state index < -0.39 is 0 Å². The van der Waals surface area contributed by atoms with Gasteiger partial charge in [-0.15, -0.1) is 0 Å².